The average Bonchev–Trinajstić information content (AvgIpc) is 3.15. The molecule has 5 rings (SSSR count). The number of fused-ring (bicyclic) bond motifs is 3. The molecule has 0 amide bonds. The zero-order chi connectivity index (χ0) is 14.9. The van der Waals surface area contributed by atoms with Gasteiger partial charge in [0.1, 0.15) is 0 Å². The van der Waals surface area contributed by atoms with Crippen LogP contribution in [0.5, 0.6) is 0 Å². The zero-order valence-electron chi connectivity index (χ0n) is 13.4. The van der Waals surface area contributed by atoms with E-state index in [1.807, 2.05) is 6.08 Å². The normalized spacial score (nSPS) is 52.3. The fourth-order valence-corrected chi connectivity index (χ4v) is 7.24. The SMILES string of the molecule is C#CC12CCC3CC4CCC5=CC(=O)CCC5C4CCC31C2. The third kappa shape index (κ3) is 1.54. The Balaban J connectivity index is 1.45. The molecule has 0 aliphatic heterocycles. The van der Waals surface area contributed by atoms with Crippen LogP contribution in [-0.2, 0) is 4.79 Å². The van der Waals surface area contributed by atoms with Gasteiger partial charge in [-0.15, -0.1) is 6.42 Å². The Kier molecular flexibility index (Phi) is 2.61. The summed E-state index contributed by atoms with van der Waals surface area (Å²) < 4.78 is 0. The van der Waals surface area contributed by atoms with E-state index in [1.54, 1.807) is 0 Å². The highest BCUT2D eigenvalue weighted by atomic mass is 16.1. The van der Waals surface area contributed by atoms with Crippen molar-refractivity contribution in [3.63, 3.8) is 0 Å². The second-order valence-electron chi connectivity index (χ2n) is 8.86. The summed E-state index contributed by atoms with van der Waals surface area (Å²) in [6.45, 7) is 0. The molecule has 0 bridgehead atoms. The number of rotatable bonds is 0. The predicted octanol–water partition coefficient (Wildman–Crippen LogP) is 4.52. The summed E-state index contributed by atoms with van der Waals surface area (Å²) in [6, 6.07) is 0. The quantitative estimate of drug-likeness (QED) is 0.600. The van der Waals surface area contributed by atoms with Crippen molar-refractivity contribution in [2.45, 2.75) is 64.2 Å². The number of allylic oxidation sites excluding steroid dienone is 2. The van der Waals surface area contributed by atoms with E-state index >= 15 is 0 Å². The summed E-state index contributed by atoms with van der Waals surface area (Å²) in [5, 5.41) is 0. The van der Waals surface area contributed by atoms with Crippen molar-refractivity contribution in [3.8, 4) is 12.3 Å². The van der Waals surface area contributed by atoms with Crippen molar-refractivity contribution < 1.29 is 4.79 Å². The Labute approximate surface area is 133 Å². The van der Waals surface area contributed by atoms with E-state index in [-0.39, 0.29) is 0 Å². The summed E-state index contributed by atoms with van der Waals surface area (Å²) in [7, 11) is 0. The van der Waals surface area contributed by atoms with Gasteiger partial charge < -0.3 is 0 Å². The van der Waals surface area contributed by atoms with Crippen LogP contribution >= 0.6 is 0 Å². The van der Waals surface area contributed by atoms with Crippen LogP contribution in [0, 0.1) is 46.8 Å². The average molecular weight is 294 g/mol. The van der Waals surface area contributed by atoms with Gasteiger partial charge in [-0.2, -0.15) is 0 Å². The van der Waals surface area contributed by atoms with Crippen LogP contribution in [0.25, 0.3) is 0 Å². The molecule has 22 heavy (non-hydrogen) atoms. The molecule has 4 saturated carbocycles. The summed E-state index contributed by atoms with van der Waals surface area (Å²) in [5.74, 6) is 7.00. The summed E-state index contributed by atoms with van der Waals surface area (Å²) >= 11 is 0. The van der Waals surface area contributed by atoms with E-state index in [0.717, 1.165) is 36.5 Å². The van der Waals surface area contributed by atoms with E-state index in [0.29, 0.717) is 16.6 Å². The molecule has 5 aliphatic rings. The van der Waals surface area contributed by atoms with Crippen molar-refractivity contribution in [2.24, 2.45) is 34.5 Å². The first-order valence-electron chi connectivity index (χ1n) is 9.38. The smallest absolute Gasteiger partial charge is 0.155 e. The highest BCUT2D eigenvalue weighted by molar-refractivity contribution is 5.91. The summed E-state index contributed by atoms with van der Waals surface area (Å²) in [5.41, 5.74) is 2.33. The molecule has 1 heteroatoms. The largest absolute Gasteiger partial charge is 0.295 e. The number of hydrogen-bond acceptors (Lipinski definition) is 1. The molecule has 0 N–H and O–H groups in total. The lowest BCUT2D eigenvalue weighted by molar-refractivity contribution is -0.115. The van der Waals surface area contributed by atoms with E-state index < -0.39 is 0 Å². The molecule has 0 saturated heterocycles. The molecule has 0 aromatic rings. The third-order valence-electron chi connectivity index (χ3n) is 8.38. The van der Waals surface area contributed by atoms with Gasteiger partial charge in [0, 0.05) is 11.8 Å². The van der Waals surface area contributed by atoms with Crippen molar-refractivity contribution in [1.29, 1.82) is 0 Å². The van der Waals surface area contributed by atoms with Gasteiger partial charge in [-0.05, 0) is 93.0 Å². The minimum absolute atomic E-state index is 0.298. The van der Waals surface area contributed by atoms with Gasteiger partial charge in [0.15, 0.2) is 5.78 Å². The highest BCUT2D eigenvalue weighted by Crippen LogP contribution is 2.79. The number of hydrogen-bond donors (Lipinski definition) is 0. The molecule has 6 unspecified atom stereocenters. The van der Waals surface area contributed by atoms with Crippen LogP contribution in [0.1, 0.15) is 64.2 Å². The molecule has 5 aliphatic carbocycles. The zero-order valence-corrected chi connectivity index (χ0v) is 13.4. The minimum atomic E-state index is 0.298. The molecule has 6 atom stereocenters. The lowest BCUT2D eigenvalue weighted by Crippen LogP contribution is -2.32. The number of carbonyl (C=O) groups is 1. The maximum atomic E-state index is 11.7. The molecule has 4 fully saturated rings. The monoisotopic (exact) mass is 294 g/mol. The van der Waals surface area contributed by atoms with Gasteiger partial charge in [-0.3, -0.25) is 4.79 Å². The second-order valence-corrected chi connectivity index (χ2v) is 8.86. The molecule has 0 aromatic carbocycles. The van der Waals surface area contributed by atoms with Crippen molar-refractivity contribution in [1.82, 2.24) is 0 Å². The molecule has 1 nitrogen and oxygen atoms in total. The predicted molar refractivity (Wildman–Crippen MR) is 86.9 cm³/mol. The van der Waals surface area contributed by atoms with E-state index in [4.69, 9.17) is 6.42 Å². The number of terminal acetylenes is 1. The highest BCUT2D eigenvalue weighted by Gasteiger charge is 2.73. The van der Waals surface area contributed by atoms with Crippen LogP contribution in [0.4, 0.5) is 0 Å². The van der Waals surface area contributed by atoms with Gasteiger partial charge in [0.05, 0.1) is 0 Å². The summed E-state index contributed by atoms with van der Waals surface area (Å²) in [4.78, 5) is 11.7. The van der Waals surface area contributed by atoms with Crippen LogP contribution < -0.4 is 0 Å². The number of carbonyl (C=O) groups excluding carboxylic acids is 1. The van der Waals surface area contributed by atoms with Gasteiger partial charge in [0.25, 0.3) is 0 Å². The molecule has 116 valence electrons. The Hall–Kier alpha value is -1.03. The van der Waals surface area contributed by atoms with Crippen LogP contribution in [0.3, 0.4) is 0 Å². The molecule has 0 radical (unpaired) electrons. The van der Waals surface area contributed by atoms with Crippen molar-refractivity contribution >= 4 is 5.78 Å². The van der Waals surface area contributed by atoms with Gasteiger partial charge in [-0.25, -0.2) is 0 Å². The molecule has 0 heterocycles. The Bertz CT molecular complexity index is 608. The van der Waals surface area contributed by atoms with E-state index in [9.17, 15) is 4.79 Å². The maximum absolute atomic E-state index is 11.7. The Morgan fingerprint density at radius 1 is 1.14 bits per heavy atom. The second kappa shape index (κ2) is 4.28. The van der Waals surface area contributed by atoms with E-state index in [1.165, 1.54) is 56.9 Å². The fraction of sp³-hybridized carbons (Fsp3) is 0.762. The molecule has 1 spiro atoms. The van der Waals surface area contributed by atoms with Crippen molar-refractivity contribution in [3.05, 3.63) is 11.6 Å². The lowest BCUT2D eigenvalue weighted by Gasteiger charge is -2.41. The maximum Gasteiger partial charge on any atom is 0.155 e. The first-order valence-corrected chi connectivity index (χ1v) is 9.38. The first kappa shape index (κ1) is 13.4. The molecular weight excluding hydrogens is 268 g/mol. The fourth-order valence-electron chi connectivity index (χ4n) is 7.24. The Morgan fingerprint density at radius 3 is 2.86 bits per heavy atom. The van der Waals surface area contributed by atoms with Crippen LogP contribution in [-0.4, -0.2) is 5.78 Å². The first-order chi connectivity index (χ1) is 10.7. The van der Waals surface area contributed by atoms with Crippen LogP contribution in [0.2, 0.25) is 0 Å². The minimum Gasteiger partial charge on any atom is -0.295 e. The summed E-state index contributed by atoms with van der Waals surface area (Å²) in [6.07, 6.45) is 20.6. The third-order valence-corrected chi connectivity index (χ3v) is 8.38. The van der Waals surface area contributed by atoms with Crippen molar-refractivity contribution in [2.75, 3.05) is 0 Å². The Morgan fingerprint density at radius 2 is 2.05 bits per heavy atom. The van der Waals surface area contributed by atoms with Crippen LogP contribution in [0.15, 0.2) is 11.6 Å². The van der Waals surface area contributed by atoms with Gasteiger partial charge in [-0.1, -0.05) is 11.5 Å². The number of ketones is 1. The standard InChI is InChI=1S/C21H26O/c1-2-20-9-7-16-11-14-3-4-15-12-17(22)5-6-18(15)19(14)8-10-21(16,20)13-20/h1,12,14,16,18-19H,3-11,13H2. The lowest BCUT2D eigenvalue weighted by atomic mass is 9.63. The van der Waals surface area contributed by atoms with E-state index in [2.05, 4.69) is 5.92 Å². The topological polar surface area (TPSA) is 17.1 Å². The molecule has 0 aromatic heterocycles. The van der Waals surface area contributed by atoms with Gasteiger partial charge in [0.2, 0.25) is 0 Å². The molecular formula is C21H26O. The van der Waals surface area contributed by atoms with Gasteiger partial charge >= 0.3 is 0 Å².